The first-order valence-electron chi connectivity index (χ1n) is 9.51. The standard InChI is InChI=1S/C24H27NO2Si/c1-28(2,3)18-10-17-27-24(26)22(19-25)15-16-23(20-11-6-4-7-12-20)21-13-8-5-9-14-21/h4-9,11-16H,10,17-18H2,1-3H3/b22-15-. The highest BCUT2D eigenvalue weighted by Crippen LogP contribution is 2.23. The van der Waals surface area contributed by atoms with Gasteiger partial charge in [0.15, 0.2) is 0 Å². The Balaban J connectivity index is 2.19. The van der Waals surface area contributed by atoms with E-state index in [-0.39, 0.29) is 5.57 Å². The van der Waals surface area contributed by atoms with E-state index in [4.69, 9.17) is 4.74 Å². The van der Waals surface area contributed by atoms with Gasteiger partial charge in [-0.25, -0.2) is 4.79 Å². The molecule has 0 spiro atoms. The van der Waals surface area contributed by atoms with Crippen molar-refractivity contribution in [2.75, 3.05) is 6.61 Å². The van der Waals surface area contributed by atoms with Gasteiger partial charge in [-0.2, -0.15) is 5.26 Å². The lowest BCUT2D eigenvalue weighted by Gasteiger charge is -2.14. The Labute approximate surface area is 169 Å². The van der Waals surface area contributed by atoms with Crippen LogP contribution < -0.4 is 0 Å². The maximum absolute atomic E-state index is 12.3. The number of hydrogen-bond donors (Lipinski definition) is 0. The van der Waals surface area contributed by atoms with Crippen LogP contribution in [-0.4, -0.2) is 20.7 Å². The van der Waals surface area contributed by atoms with Crippen LogP contribution in [0.25, 0.3) is 5.57 Å². The van der Waals surface area contributed by atoms with Crippen molar-refractivity contribution in [1.82, 2.24) is 0 Å². The number of allylic oxidation sites excluding steroid dienone is 2. The minimum atomic E-state index is -1.15. The van der Waals surface area contributed by atoms with Crippen LogP contribution in [0.15, 0.2) is 78.4 Å². The van der Waals surface area contributed by atoms with E-state index in [2.05, 4.69) is 19.6 Å². The van der Waals surface area contributed by atoms with E-state index in [1.165, 1.54) is 0 Å². The van der Waals surface area contributed by atoms with Crippen molar-refractivity contribution in [2.24, 2.45) is 0 Å². The van der Waals surface area contributed by atoms with Gasteiger partial charge in [-0.05, 0) is 29.2 Å². The molecule has 0 aliphatic heterocycles. The van der Waals surface area contributed by atoms with Crippen molar-refractivity contribution >= 4 is 19.6 Å². The summed E-state index contributed by atoms with van der Waals surface area (Å²) in [5.74, 6) is -0.560. The molecule has 0 saturated heterocycles. The highest BCUT2D eigenvalue weighted by Gasteiger charge is 2.14. The summed E-state index contributed by atoms with van der Waals surface area (Å²) in [6, 6.07) is 22.9. The van der Waals surface area contributed by atoms with Crippen LogP contribution >= 0.6 is 0 Å². The Morgan fingerprint density at radius 3 is 1.96 bits per heavy atom. The summed E-state index contributed by atoms with van der Waals surface area (Å²) in [5.41, 5.74) is 2.99. The zero-order valence-electron chi connectivity index (χ0n) is 16.8. The number of rotatable bonds is 8. The molecule has 0 bridgehead atoms. The molecule has 4 heteroatoms. The number of carbonyl (C=O) groups excluding carboxylic acids is 1. The lowest BCUT2D eigenvalue weighted by atomic mass is 9.97. The van der Waals surface area contributed by atoms with E-state index in [0.717, 1.165) is 29.2 Å². The number of nitriles is 1. The monoisotopic (exact) mass is 389 g/mol. The molecule has 2 aromatic rings. The number of nitrogens with zero attached hydrogens (tertiary/aromatic N) is 1. The van der Waals surface area contributed by atoms with Crippen LogP contribution in [0.1, 0.15) is 17.5 Å². The molecule has 0 aromatic heterocycles. The lowest BCUT2D eigenvalue weighted by Crippen LogP contribution is -2.20. The minimum absolute atomic E-state index is 0.0114. The van der Waals surface area contributed by atoms with Crippen molar-refractivity contribution in [3.05, 3.63) is 89.5 Å². The molecule has 2 rings (SSSR count). The average Bonchev–Trinajstić information content (AvgIpc) is 2.69. The number of carbonyl (C=O) groups is 1. The molecule has 28 heavy (non-hydrogen) atoms. The fourth-order valence-corrected chi connectivity index (χ4v) is 3.96. The van der Waals surface area contributed by atoms with E-state index in [0.29, 0.717) is 6.61 Å². The molecule has 0 aliphatic rings. The smallest absolute Gasteiger partial charge is 0.348 e. The van der Waals surface area contributed by atoms with E-state index in [1.807, 2.05) is 72.8 Å². The zero-order chi connectivity index (χ0) is 20.4. The van der Waals surface area contributed by atoms with Gasteiger partial charge in [-0.1, -0.05) is 92.4 Å². The molecule has 3 nitrogen and oxygen atoms in total. The molecule has 0 saturated carbocycles. The van der Waals surface area contributed by atoms with Crippen LogP contribution in [0.4, 0.5) is 0 Å². The highest BCUT2D eigenvalue weighted by atomic mass is 28.3. The summed E-state index contributed by atoms with van der Waals surface area (Å²) >= 11 is 0. The fourth-order valence-electron chi connectivity index (χ4n) is 2.76. The van der Waals surface area contributed by atoms with Crippen LogP contribution in [0.3, 0.4) is 0 Å². The zero-order valence-corrected chi connectivity index (χ0v) is 17.8. The summed E-state index contributed by atoms with van der Waals surface area (Å²) in [6.07, 6.45) is 4.21. The first kappa shape index (κ1) is 21.4. The summed E-state index contributed by atoms with van der Waals surface area (Å²) in [6.45, 7) is 7.22. The summed E-state index contributed by atoms with van der Waals surface area (Å²) in [4.78, 5) is 12.3. The summed E-state index contributed by atoms with van der Waals surface area (Å²) in [7, 11) is -1.15. The van der Waals surface area contributed by atoms with Gasteiger partial charge in [0.1, 0.15) is 11.6 Å². The van der Waals surface area contributed by atoms with Gasteiger partial charge >= 0.3 is 5.97 Å². The predicted molar refractivity (Wildman–Crippen MR) is 117 cm³/mol. The Morgan fingerprint density at radius 2 is 1.50 bits per heavy atom. The van der Waals surface area contributed by atoms with Gasteiger partial charge in [0.2, 0.25) is 0 Å². The number of hydrogen-bond acceptors (Lipinski definition) is 3. The molecular formula is C24H27NO2Si. The third-order valence-electron chi connectivity index (χ3n) is 4.23. The maximum atomic E-state index is 12.3. The second-order valence-electron chi connectivity index (χ2n) is 7.80. The van der Waals surface area contributed by atoms with Gasteiger partial charge in [0.25, 0.3) is 0 Å². The largest absolute Gasteiger partial charge is 0.462 e. The van der Waals surface area contributed by atoms with E-state index < -0.39 is 14.0 Å². The van der Waals surface area contributed by atoms with Gasteiger partial charge in [-0.3, -0.25) is 0 Å². The van der Waals surface area contributed by atoms with E-state index >= 15 is 0 Å². The molecule has 0 fully saturated rings. The lowest BCUT2D eigenvalue weighted by molar-refractivity contribution is -0.138. The Bertz CT molecular complexity index is 831. The molecule has 0 aliphatic carbocycles. The maximum Gasteiger partial charge on any atom is 0.348 e. The average molecular weight is 390 g/mol. The van der Waals surface area contributed by atoms with Gasteiger partial charge < -0.3 is 4.74 Å². The molecule has 0 unspecified atom stereocenters. The first-order chi connectivity index (χ1) is 13.4. The highest BCUT2D eigenvalue weighted by molar-refractivity contribution is 6.76. The normalized spacial score (nSPS) is 11.4. The number of benzene rings is 2. The molecule has 0 heterocycles. The van der Waals surface area contributed by atoms with Gasteiger partial charge in [0.05, 0.1) is 6.61 Å². The second kappa shape index (κ2) is 10.4. The Hall–Kier alpha value is -2.90. The van der Waals surface area contributed by atoms with Crippen LogP contribution in [0.5, 0.6) is 0 Å². The van der Waals surface area contributed by atoms with Crippen LogP contribution in [0, 0.1) is 11.3 Å². The second-order valence-corrected chi connectivity index (χ2v) is 13.4. The van der Waals surface area contributed by atoms with E-state index in [1.54, 1.807) is 6.08 Å². The summed E-state index contributed by atoms with van der Waals surface area (Å²) < 4.78 is 5.30. The number of esters is 1. The third kappa shape index (κ3) is 7.01. The molecule has 0 radical (unpaired) electrons. The fraction of sp³-hybridized carbons (Fsp3) is 0.250. The summed E-state index contributed by atoms with van der Waals surface area (Å²) in [5, 5.41) is 9.39. The van der Waals surface area contributed by atoms with Crippen molar-refractivity contribution < 1.29 is 9.53 Å². The quantitative estimate of drug-likeness (QED) is 0.142. The van der Waals surface area contributed by atoms with Crippen LogP contribution in [-0.2, 0) is 9.53 Å². The first-order valence-corrected chi connectivity index (χ1v) is 13.2. The molecule has 2 aromatic carbocycles. The molecule has 0 atom stereocenters. The van der Waals surface area contributed by atoms with Crippen molar-refractivity contribution in [3.8, 4) is 6.07 Å². The van der Waals surface area contributed by atoms with E-state index in [9.17, 15) is 10.1 Å². The Morgan fingerprint density at radius 1 is 0.964 bits per heavy atom. The van der Waals surface area contributed by atoms with Crippen molar-refractivity contribution in [1.29, 1.82) is 5.26 Å². The Kier molecular flexibility index (Phi) is 7.98. The SMILES string of the molecule is C[Si](C)(C)CCCOC(=O)/C(C#N)=C\C=C(c1ccccc1)c1ccccc1. The number of ether oxygens (including phenoxy) is 1. The van der Waals surface area contributed by atoms with Crippen LogP contribution in [0.2, 0.25) is 25.7 Å². The van der Waals surface area contributed by atoms with Crippen molar-refractivity contribution in [3.63, 3.8) is 0 Å². The van der Waals surface area contributed by atoms with Gasteiger partial charge in [-0.15, -0.1) is 0 Å². The molecular weight excluding hydrogens is 362 g/mol. The topological polar surface area (TPSA) is 50.1 Å². The predicted octanol–water partition coefficient (Wildman–Crippen LogP) is 5.84. The van der Waals surface area contributed by atoms with Crippen molar-refractivity contribution in [2.45, 2.75) is 32.1 Å². The molecule has 0 N–H and O–H groups in total. The molecule has 144 valence electrons. The molecule has 0 amide bonds. The minimum Gasteiger partial charge on any atom is -0.462 e. The van der Waals surface area contributed by atoms with Gasteiger partial charge in [0, 0.05) is 8.07 Å². The third-order valence-corrected chi connectivity index (χ3v) is 6.08.